The minimum Gasteiger partial charge on any atom is -0.333 e. The number of hydrogen-bond donors (Lipinski definition) is 0. The summed E-state index contributed by atoms with van der Waals surface area (Å²) in [5.41, 5.74) is 0. The van der Waals surface area contributed by atoms with Crippen molar-refractivity contribution < 1.29 is 4.79 Å². The van der Waals surface area contributed by atoms with Gasteiger partial charge >= 0.3 is 0 Å². The number of carbonyl (C=O) groups excluding carboxylic acids is 1. The zero-order chi connectivity index (χ0) is 7.72. The summed E-state index contributed by atoms with van der Waals surface area (Å²) < 4.78 is 0. The minimum absolute atomic E-state index is 0.267. The lowest BCUT2D eigenvalue weighted by atomic mass is 10.2. The molecule has 0 aromatic carbocycles. The molecule has 0 aromatic heterocycles. The molecule has 1 amide bonds. The predicted molar refractivity (Wildman–Crippen MR) is 43.9 cm³/mol. The Morgan fingerprint density at radius 2 is 2.30 bits per heavy atom. The fraction of sp³-hybridized carbons (Fsp3) is 0.857. The van der Waals surface area contributed by atoms with E-state index < -0.39 is 0 Å². The molecule has 1 unspecified atom stereocenters. The molecule has 0 saturated carbocycles. The van der Waals surface area contributed by atoms with E-state index >= 15 is 0 Å². The van der Waals surface area contributed by atoms with Gasteiger partial charge in [0.2, 0.25) is 5.91 Å². The molecule has 1 aliphatic rings. The second kappa shape index (κ2) is 2.82. The highest BCUT2D eigenvalue weighted by atomic mass is 32.2. The summed E-state index contributed by atoms with van der Waals surface area (Å²) in [5, 5.41) is 0.410. The Morgan fingerprint density at radius 3 is 2.50 bits per heavy atom. The molecule has 1 rings (SSSR count). The van der Waals surface area contributed by atoms with Crippen molar-refractivity contribution in [2.24, 2.45) is 5.92 Å². The first-order valence-corrected chi connectivity index (χ1v) is 4.55. The average molecular weight is 159 g/mol. The molecule has 1 heterocycles. The van der Waals surface area contributed by atoms with Crippen molar-refractivity contribution in [2.75, 3.05) is 12.8 Å². The van der Waals surface area contributed by atoms with Crippen LogP contribution in [0.5, 0.6) is 0 Å². The largest absolute Gasteiger partial charge is 0.333 e. The topological polar surface area (TPSA) is 20.3 Å². The summed E-state index contributed by atoms with van der Waals surface area (Å²) in [4.78, 5) is 12.8. The quantitative estimate of drug-likeness (QED) is 0.572. The molecular weight excluding hydrogens is 146 g/mol. The van der Waals surface area contributed by atoms with Gasteiger partial charge in [-0.25, -0.2) is 0 Å². The van der Waals surface area contributed by atoms with Gasteiger partial charge in [-0.2, -0.15) is 0 Å². The molecule has 0 bridgehead atoms. The zero-order valence-electron chi connectivity index (χ0n) is 6.63. The number of thioether (sulfide) groups is 1. The Kier molecular flexibility index (Phi) is 2.24. The van der Waals surface area contributed by atoms with E-state index in [-0.39, 0.29) is 5.91 Å². The summed E-state index contributed by atoms with van der Waals surface area (Å²) >= 11 is 1.74. The van der Waals surface area contributed by atoms with E-state index in [0.717, 1.165) is 0 Å². The van der Waals surface area contributed by atoms with Gasteiger partial charge in [0.1, 0.15) is 0 Å². The van der Waals surface area contributed by atoms with Gasteiger partial charge in [-0.3, -0.25) is 4.79 Å². The molecule has 0 aromatic rings. The first-order chi connectivity index (χ1) is 4.63. The fourth-order valence-electron chi connectivity index (χ4n) is 1.15. The third kappa shape index (κ3) is 1.29. The Morgan fingerprint density at radius 1 is 1.70 bits per heavy atom. The molecule has 0 N–H and O–H groups in total. The number of hydrogen-bond acceptors (Lipinski definition) is 2. The maximum atomic E-state index is 11.0. The molecule has 1 fully saturated rings. The van der Waals surface area contributed by atoms with E-state index in [2.05, 4.69) is 13.8 Å². The molecule has 0 spiro atoms. The molecule has 1 atom stereocenters. The number of amides is 1. The Bertz CT molecular complexity index is 147. The molecule has 3 heteroatoms. The van der Waals surface area contributed by atoms with Gasteiger partial charge in [-0.05, 0) is 5.92 Å². The van der Waals surface area contributed by atoms with Gasteiger partial charge in [-0.15, -0.1) is 11.8 Å². The number of rotatable bonds is 1. The Hall–Kier alpha value is -0.180. The van der Waals surface area contributed by atoms with Crippen LogP contribution in [0.25, 0.3) is 0 Å². The summed E-state index contributed by atoms with van der Waals surface area (Å²) in [7, 11) is 1.88. The lowest BCUT2D eigenvalue weighted by Gasteiger charge is -2.21. The van der Waals surface area contributed by atoms with Crippen molar-refractivity contribution in [1.29, 1.82) is 0 Å². The van der Waals surface area contributed by atoms with Gasteiger partial charge in [0, 0.05) is 7.05 Å². The van der Waals surface area contributed by atoms with Gasteiger partial charge in [-0.1, -0.05) is 13.8 Å². The summed E-state index contributed by atoms with van der Waals surface area (Å²) in [6.07, 6.45) is 0. The number of carbonyl (C=O) groups is 1. The van der Waals surface area contributed by atoms with E-state index in [9.17, 15) is 4.79 Å². The summed E-state index contributed by atoms with van der Waals surface area (Å²) in [5.74, 6) is 1.50. The molecular formula is C7H13NOS. The van der Waals surface area contributed by atoms with Crippen LogP contribution in [0.1, 0.15) is 13.8 Å². The van der Waals surface area contributed by atoms with Gasteiger partial charge < -0.3 is 4.90 Å². The van der Waals surface area contributed by atoms with Crippen molar-refractivity contribution in [3.8, 4) is 0 Å². The lowest BCUT2D eigenvalue weighted by molar-refractivity contribution is -0.127. The molecule has 10 heavy (non-hydrogen) atoms. The maximum Gasteiger partial charge on any atom is 0.233 e. The first-order valence-electron chi connectivity index (χ1n) is 3.50. The molecule has 1 aliphatic heterocycles. The predicted octanol–water partition coefficient (Wildman–Crippen LogP) is 1.17. The second-order valence-corrected chi connectivity index (χ2v) is 4.06. The number of nitrogens with zero attached hydrogens (tertiary/aromatic N) is 1. The molecule has 2 nitrogen and oxygen atoms in total. The van der Waals surface area contributed by atoms with Crippen LogP contribution >= 0.6 is 11.8 Å². The third-order valence-electron chi connectivity index (χ3n) is 1.72. The standard InChI is InChI=1S/C7H13NOS/c1-5(2)7-8(3)6(9)4-10-7/h5,7H,4H2,1-3H3. The smallest absolute Gasteiger partial charge is 0.233 e. The van der Waals surface area contributed by atoms with Crippen LogP contribution in [0.3, 0.4) is 0 Å². The van der Waals surface area contributed by atoms with Crippen LogP contribution in [-0.4, -0.2) is 29.0 Å². The van der Waals surface area contributed by atoms with E-state index in [1.807, 2.05) is 11.9 Å². The van der Waals surface area contributed by atoms with E-state index in [0.29, 0.717) is 17.0 Å². The maximum absolute atomic E-state index is 11.0. The van der Waals surface area contributed by atoms with Crippen LogP contribution in [0, 0.1) is 5.92 Å². The van der Waals surface area contributed by atoms with Crippen molar-refractivity contribution in [3.63, 3.8) is 0 Å². The summed E-state index contributed by atoms with van der Waals surface area (Å²) in [6, 6.07) is 0. The van der Waals surface area contributed by atoms with Crippen molar-refractivity contribution in [1.82, 2.24) is 4.90 Å². The zero-order valence-corrected chi connectivity index (χ0v) is 7.44. The highest BCUT2D eigenvalue weighted by molar-refractivity contribution is 8.01. The van der Waals surface area contributed by atoms with Crippen LogP contribution in [0.2, 0.25) is 0 Å². The van der Waals surface area contributed by atoms with E-state index in [1.165, 1.54) is 0 Å². The normalized spacial score (nSPS) is 26.6. The average Bonchev–Trinajstić information content (AvgIpc) is 2.14. The first kappa shape index (κ1) is 7.92. The van der Waals surface area contributed by atoms with Crippen LogP contribution in [0.4, 0.5) is 0 Å². The third-order valence-corrected chi connectivity index (χ3v) is 3.34. The van der Waals surface area contributed by atoms with Gasteiger partial charge in [0.15, 0.2) is 0 Å². The molecule has 1 saturated heterocycles. The Balaban J connectivity index is 2.57. The highest BCUT2D eigenvalue weighted by Crippen LogP contribution is 2.28. The molecule has 0 aliphatic carbocycles. The highest BCUT2D eigenvalue weighted by Gasteiger charge is 2.30. The van der Waals surface area contributed by atoms with Crippen LogP contribution in [-0.2, 0) is 4.79 Å². The summed E-state index contributed by atoms with van der Waals surface area (Å²) in [6.45, 7) is 4.29. The molecule has 0 radical (unpaired) electrons. The Labute approximate surface area is 66.0 Å². The van der Waals surface area contributed by atoms with Crippen LogP contribution in [0.15, 0.2) is 0 Å². The van der Waals surface area contributed by atoms with Crippen molar-refractivity contribution >= 4 is 17.7 Å². The fourth-order valence-corrected chi connectivity index (χ4v) is 2.39. The van der Waals surface area contributed by atoms with Crippen molar-refractivity contribution in [3.05, 3.63) is 0 Å². The molecule has 58 valence electrons. The lowest BCUT2D eigenvalue weighted by Crippen LogP contribution is -2.31. The van der Waals surface area contributed by atoms with E-state index in [4.69, 9.17) is 0 Å². The monoisotopic (exact) mass is 159 g/mol. The second-order valence-electron chi connectivity index (χ2n) is 2.95. The van der Waals surface area contributed by atoms with E-state index in [1.54, 1.807) is 11.8 Å². The van der Waals surface area contributed by atoms with Gasteiger partial charge in [0.25, 0.3) is 0 Å². The van der Waals surface area contributed by atoms with Gasteiger partial charge in [0.05, 0.1) is 11.1 Å². The SMILES string of the molecule is CC(C)C1SCC(=O)N1C. The van der Waals surface area contributed by atoms with Crippen molar-refractivity contribution in [2.45, 2.75) is 19.2 Å². The van der Waals surface area contributed by atoms with Crippen LogP contribution < -0.4 is 0 Å². The minimum atomic E-state index is 0.267.